The number of ether oxygens (including phenoxy) is 2. The molecule has 3 fully saturated rings. The molecule has 1 aliphatic carbocycles. The molecule has 2 saturated heterocycles. The molecule has 1 aromatic heterocycles. The fourth-order valence-corrected chi connectivity index (χ4v) is 10.6. The molecule has 3 unspecified atom stereocenters. The zero-order chi connectivity index (χ0) is 50.1. The van der Waals surface area contributed by atoms with Crippen LogP contribution >= 0.6 is 11.3 Å². The van der Waals surface area contributed by atoms with Gasteiger partial charge >= 0.3 is 0 Å². The second-order valence-electron chi connectivity index (χ2n) is 18.6. The number of unbranched alkanes of at least 4 members (excludes halogenated alkanes) is 3. The van der Waals surface area contributed by atoms with Gasteiger partial charge in [-0.15, -0.1) is 11.3 Å². The number of hydrogen-bond acceptors (Lipinski definition) is 11. The number of nitrogens with one attached hydrogen (secondary N) is 5. The van der Waals surface area contributed by atoms with Crippen LogP contribution in [0, 0.1) is 17.6 Å². The lowest BCUT2D eigenvalue weighted by atomic mass is 9.83. The first kappa shape index (κ1) is 52.8. The lowest BCUT2D eigenvalue weighted by Gasteiger charge is -2.36. The smallest absolute Gasteiger partial charge is 0.257 e. The number of hydrogen-bond donors (Lipinski definition) is 5. The van der Waals surface area contributed by atoms with Gasteiger partial charge in [-0.05, 0) is 81.7 Å². The Balaban J connectivity index is 0.931. The molecule has 5 amide bonds. The topological polar surface area (TPSA) is 183 Å². The third kappa shape index (κ3) is 14.1. The minimum absolute atomic E-state index is 0.0364. The van der Waals surface area contributed by atoms with Crippen molar-refractivity contribution in [1.82, 2.24) is 36.5 Å². The van der Waals surface area contributed by atoms with Crippen molar-refractivity contribution >= 4 is 46.0 Å². The molecule has 4 aromatic rings. The lowest BCUT2D eigenvalue weighted by molar-refractivity contribution is -0.143. The van der Waals surface area contributed by atoms with Crippen LogP contribution in [0.3, 0.4) is 0 Å². The molecule has 4 atom stereocenters. The zero-order valence-electron chi connectivity index (χ0n) is 40.8. The van der Waals surface area contributed by atoms with Crippen LogP contribution in [0.15, 0.2) is 78.2 Å². The van der Waals surface area contributed by atoms with Crippen LogP contribution < -0.4 is 36.2 Å². The molecule has 1 saturated carbocycles. The van der Waals surface area contributed by atoms with E-state index in [-0.39, 0.29) is 35.0 Å². The fraction of sp³-hybridized carbons (Fsp3) is 0.509. The van der Waals surface area contributed by atoms with E-state index in [4.69, 9.17) is 9.47 Å². The number of nitrogens with zero attached hydrogens (tertiary/aromatic N) is 3. The van der Waals surface area contributed by atoms with Gasteiger partial charge in [0.25, 0.3) is 5.91 Å². The summed E-state index contributed by atoms with van der Waals surface area (Å²) in [6.45, 7) is 4.75. The van der Waals surface area contributed by atoms with Crippen LogP contribution in [0.1, 0.15) is 94.6 Å². The summed E-state index contributed by atoms with van der Waals surface area (Å²) in [5.74, 6) is -5.05. The Morgan fingerprint density at radius 3 is 2.11 bits per heavy atom. The Kier molecular flexibility index (Phi) is 19.7. The first-order valence-corrected chi connectivity index (χ1v) is 26.0. The van der Waals surface area contributed by atoms with Crippen molar-refractivity contribution in [3.05, 3.63) is 101 Å². The van der Waals surface area contributed by atoms with Gasteiger partial charge in [-0.2, -0.15) is 4.39 Å². The number of likely N-dealkylation sites (N-methyl/N-ethyl adjacent to an activating group) is 1. The van der Waals surface area contributed by atoms with E-state index in [1.165, 1.54) is 17.4 Å². The summed E-state index contributed by atoms with van der Waals surface area (Å²) in [4.78, 5) is 77.7. The Morgan fingerprint density at radius 1 is 0.789 bits per heavy atom. The van der Waals surface area contributed by atoms with Gasteiger partial charge in [0.1, 0.15) is 18.1 Å². The average molecular weight is 999 g/mol. The molecule has 18 heteroatoms. The molecular weight excluding hydrogens is 931 g/mol. The maximum Gasteiger partial charge on any atom is 0.257 e. The van der Waals surface area contributed by atoms with Crippen molar-refractivity contribution in [1.29, 1.82) is 0 Å². The average Bonchev–Trinajstić information content (AvgIpc) is 4.11. The monoisotopic (exact) mass is 998 g/mol. The largest absolute Gasteiger partial charge is 0.480 e. The number of benzene rings is 3. The Hall–Kier alpha value is -5.98. The predicted octanol–water partition coefficient (Wildman–Crippen LogP) is 6.08. The van der Waals surface area contributed by atoms with E-state index in [0.717, 1.165) is 67.3 Å². The number of carbonyl (C=O) groups is 5. The standard InChI is InChI=1S/C53H68F2N8O7S/c1-35(56-2)49(65)60-46(38-21-12-7-13-22-38)52(68)63-28-16-23-42(63)50(66)61-47(44(36-17-8-5-9-18-36)37-19-10-6-11-20-37)51(67)58-27-15-4-3-14-26-57-43(64)33-70-48-39(24-25-40(54)45(48)55)41-34-71-53(59-41)62-29-31-69-32-30-62/h5-6,8-11,17-20,24-25,34-35,38,42,44,46-47,56H,3-4,7,12-16,21-23,26-33H2,1-2H3,(H,57,64)(H,58,67)(H,60,65)(H,61,66)/t35?,42-,46?,47?/m0/s1. The van der Waals surface area contributed by atoms with Crippen LogP contribution in [0.5, 0.6) is 5.75 Å². The highest BCUT2D eigenvalue weighted by Gasteiger charge is 2.43. The SMILES string of the molecule is CNC(C)C(=O)NC(C(=O)N1CCC[C@H]1C(=O)NC(C(=O)NCCCCCCNC(=O)COc1c(-c2csc(N3CCOCC3)n2)ccc(F)c1F)C(c1ccccc1)c1ccccc1)C1CCCCC1. The molecule has 0 spiro atoms. The van der Waals surface area contributed by atoms with E-state index in [1.807, 2.05) is 60.7 Å². The highest BCUT2D eigenvalue weighted by Crippen LogP contribution is 2.37. The first-order valence-electron chi connectivity index (χ1n) is 25.2. The number of morpholine rings is 1. The van der Waals surface area contributed by atoms with Gasteiger partial charge in [0, 0.05) is 49.6 Å². The van der Waals surface area contributed by atoms with E-state index < -0.39 is 60.1 Å². The lowest BCUT2D eigenvalue weighted by Crippen LogP contribution is -2.59. The number of likely N-dealkylation sites (tertiary alicyclic amines) is 1. The quantitative estimate of drug-likeness (QED) is 0.0547. The number of carbonyl (C=O) groups excluding carboxylic acids is 5. The summed E-state index contributed by atoms with van der Waals surface area (Å²) in [6.07, 6.45) is 8.40. The minimum Gasteiger partial charge on any atom is -0.480 e. The van der Waals surface area contributed by atoms with Crippen LogP contribution in [0.4, 0.5) is 13.9 Å². The molecular formula is C53H68F2N8O7S. The molecule has 0 bridgehead atoms. The Bertz CT molecular complexity index is 2340. The third-order valence-electron chi connectivity index (χ3n) is 13.8. The molecule has 0 radical (unpaired) electrons. The van der Waals surface area contributed by atoms with Gasteiger partial charge in [0.2, 0.25) is 29.4 Å². The van der Waals surface area contributed by atoms with Gasteiger partial charge in [0.15, 0.2) is 23.3 Å². The molecule has 5 N–H and O–H groups in total. The van der Waals surface area contributed by atoms with Crippen molar-refractivity contribution in [3.63, 3.8) is 0 Å². The molecule has 71 heavy (non-hydrogen) atoms. The minimum atomic E-state index is -1.19. The van der Waals surface area contributed by atoms with Crippen LogP contribution in [-0.4, -0.2) is 123 Å². The number of aromatic nitrogens is 1. The highest BCUT2D eigenvalue weighted by atomic mass is 32.1. The van der Waals surface area contributed by atoms with Crippen molar-refractivity contribution in [2.24, 2.45) is 5.92 Å². The van der Waals surface area contributed by atoms with Crippen molar-refractivity contribution in [3.8, 4) is 17.0 Å². The second-order valence-corrected chi connectivity index (χ2v) is 19.4. The second kappa shape index (κ2) is 26.5. The highest BCUT2D eigenvalue weighted by molar-refractivity contribution is 7.14. The number of halogens is 2. The van der Waals surface area contributed by atoms with Crippen molar-refractivity contribution < 1.29 is 42.2 Å². The van der Waals surface area contributed by atoms with Crippen molar-refractivity contribution in [2.75, 3.05) is 64.5 Å². The summed E-state index contributed by atoms with van der Waals surface area (Å²) in [7, 11) is 1.70. The number of amides is 5. The summed E-state index contributed by atoms with van der Waals surface area (Å²) in [6, 6.07) is 18.4. The van der Waals surface area contributed by atoms with Crippen LogP contribution in [0.25, 0.3) is 11.3 Å². The summed E-state index contributed by atoms with van der Waals surface area (Å²) >= 11 is 1.38. The van der Waals surface area contributed by atoms with E-state index in [9.17, 15) is 28.4 Å². The van der Waals surface area contributed by atoms with Gasteiger partial charge < -0.3 is 45.9 Å². The number of rotatable bonds is 23. The van der Waals surface area contributed by atoms with Crippen LogP contribution in [-0.2, 0) is 28.7 Å². The summed E-state index contributed by atoms with van der Waals surface area (Å²) < 4.78 is 40.4. The Morgan fingerprint density at radius 2 is 1.45 bits per heavy atom. The number of anilines is 1. The molecule has 3 aliphatic rings. The fourth-order valence-electron chi connectivity index (χ4n) is 9.69. The maximum absolute atomic E-state index is 15.0. The molecule has 3 aromatic carbocycles. The number of thiazole rings is 1. The van der Waals surface area contributed by atoms with E-state index in [1.54, 1.807) is 24.3 Å². The molecule has 7 rings (SSSR count). The third-order valence-corrected chi connectivity index (χ3v) is 14.7. The zero-order valence-corrected chi connectivity index (χ0v) is 41.6. The summed E-state index contributed by atoms with van der Waals surface area (Å²) in [5.41, 5.74) is 2.34. The van der Waals surface area contributed by atoms with Gasteiger partial charge in [-0.1, -0.05) is 92.8 Å². The molecule has 382 valence electrons. The molecule has 3 heterocycles. The van der Waals surface area contributed by atoms with Gasteiger partial charge in [0.05, 0.1) is 24.9 Å². The van der Waals surface area contributed by atoms with E-state index in [2.05, 4.69) is 36.5 Å². The van der Waals surface area contributed by atoms with Crippen LogP contribution in [0.2, 0.25) is 0 Å². The Labute approximate surface area is 419 Å². The van der Waals surface area contributed by atoms with E-state index in [0.29, 0.717) is 77.3 Å². The van der Waals surface area contributed by atoms with Gasteiger partial charge in [-0.25, -0.2) is 9.37 Å². The maximum atomic E-state index is 15.0. The van der Waals surface area contributed by atoms with Crippen molar-refractivity contribution in [2.45, 2.75) is 108 Å². The normalized spacial score (nSPS) is 17.6. The first-order chi connectivity index (χ1) is 34.5. The molecule has 2 aliphatic heterocycles. The summed E-state index contributed by atoms with van der Waals surface area (Å²) in [5, 5.41) is 17.4. The molecule has 15 nitrogen and oxygen atoms in total. The predicted molar refractivity (Wildman–Crippen MR) is 269 cm³/mol. The van der Waals surface area contributed by atoms with Gasteiger partial charge in [-0.3, -0.25) is 24.0 Å². The van der Waals surface area contributed by atoms with E-state index >= 15 is 4.39 Å².